The number of carbonyl (C=O) groups is 1. The van der Waals surface area contributed by atoms with Gasteiger partial charge in [-0.2, -0.15) is 13.2 Å². The summed E-state index contributed by atoms with van der Waals surface area (Å²) in [5.74, 6) is -1.15. The molecule has 0 saturated heterocycles. The Balaban J connectivity index is 1.96. The molecule has 1 heterocycles. The van der Waals surface area contributed by atoms with Crippen LogP contribution in [0.2, 0.25) is 0 Å². The fourth-order valence-electron chi connectivity index (χ4n) is 3.47. The van der Waals surface area contributed by atoms with Gasteiger partial charge in [-0.05, 0) is 29.3 Å². The quantitative estimate of drug-likeness (QED) is 0.269. The third kappa shape index (κ3) is 7.17. The number of benzene rings is 2. The lowest BCUT2D eigenvalue weighted by molar-refractivity contribution is -0.127. The van der Waals surface area contributed by atoms with Crippen molar-refractivity contribution in [3.05, 3.63) is 52.8 Å². The van der Waals surface area contributed by atoms with Crippen molar-refractivity contribution in [1.29, 1.82) is 0 Å². The maximum Gasteiger partial charge on any atom is 0.393 e. The molecule has 0 spiro atoms. The monoisotopic (exact) mass is 494 g/mol. The van der Waals surface area contributed by atoms with Crippen molar-refractivity contribution in [2.75, 3.05) is 38.5 Å². The Labute approximate surface area is 199 Å². The molecule has 0 unspecified atom stereocenters. The van der Waals surface area contributed by atoms with Crippen LogP contribution in [0.1, 0.15) is 27.3 Å². The summed E-state index contributed by atoms with van der Waals surface area (Å²) in [4.78, 5) is 19.8. The molecule has 0 radical (unpaired) electrons. The molecular formula is C23H25F3N4O5. The average molecular weight is 494 g/mol. The molecule has 0 aliphatic rings. The minimum Gasteiger partial charge on any atom is -0.496 e. The van der Waals surface area contributed by atoms with Crippen LogP contribution in [0.25, 0.3) is 10.9 Å². The Morgan fingerprint density at radius 1 is 1.09 bits per heavy atom. The molecule has 0 atom stereocenters. The molecule has 0 aliphatic carbocycles. The number of nitrogens with one attached hydrogen (secondary N) is 1. The topological polar surface area (TPSA) is 129 Å². The van der Waals surface area contributed by atoms with E-state index in [0.29, 0.717) is 41.0 Å². The third-order valence-electron chi connectivity index (χ3n) is 4.92. The standard InChI is InChI=1S/C23H25F3N4O5/c1-33-3-4-35-12-15-8-17-18(9-19(15)34-2)29-21(22(31)32)30-20(17)28-11-14-5-13(6-16(27)7-14)10-23(24,25)26/h5-9H,3-4,10-12,27H2,1-2H3,(H,31,32)(H,28,29,30). The number of nitrogens with two attached hydrogens (primary N) is 1. The molecule has 0 bridgehead atoms. The summed E-state index contributed by atoms with van der Waals surface area (Å²) in [6.07, 6.45) is -5.49. The van der Waals surface area contributed by atoms with E-state index in [0.717, 1.165) is 0 Å². The van der Waals surface area contributed by atoms with Crippen molar-refractivity contribution < 1.29 is 37.3 Å². The number of fused-ring (bicyclic) bond motifs is 1. The van der Waals surface area contributed by atoms with Crippen molar-refractivity contribution in [3.8, 4) is 5.75 Å². The van der Waals surface area contributed by atoms with Gasteiger partial charge in [-0.15, -0.1) is 0 Å². The van der Waals surface area contributed by atoms with Crippen LogP contribution >= 0.6 is 0 Å². The van der Waals surface area contributed by atoms with Gasteiger partial charge in [0.1, 0.15) is 11.6 Å². The van der Waals surface area contributed by atoms with Crippen LogP contribution in [0.15, 0.2) is 30.3 Å². The molecule has 0 saturated carbocycles. The SMILES string of the molecule is COCCOCc1cc2c(NCc3cc(N)cc(CC(F)(F)F)c3)nc(C(=O)O)nc2cc1OC. The minimum absolute atomic E-state index is 0.0216. The van der Waals surface area contributed by atoms with E-state index in [1.54, 1.807) is 19.2 Å². The highest BCUT2D eigenvalue weighted by Crippen LogP contribution is 2.30. The zero-order valence-electron chi connectivity index (χ0n) is 19.1. The van der Waals surface area contributed by atoms with Crippen LogP contribution in [0, 0.1) is 0 Å². The van der Waals surface area contributed by atoms with Crippen LogP contribution < -0.4 is 15.8 Å². The van der Waals surface area contributed by atoms with E-state index in [1.807, 2.05) is 0 Å². The number of methoxy groups -OCH3 is 2. The molecular weight excluding hydrogens is 469 g/mol. The van der Waals surface area contributed by atoms with Gasteiger partial charge in [-0.1, -0.05) is 6.07 Å². The van der Waals surface area contributed by atoms with E-state index in [4.69, 9.17) is 19.9 Å². The number of aromatic carboxylic acids is 1. The molecule has 0 fully saturated rings. The van der Waals surface area contributed by atoms with Gasteiger partial charge >= 0.3 is 12.1 Å². The van der Waals surface area contributed by atoms with E-state index in [2.05, 4.69) is 15.3 Å². The first-order valence-corrected chi connectivity index (χ1v) is 10.5. The number of rotatable bonds is 11. The number of carboxylic acid groups (broad SMARTS) is 1. The third-order valence-corrected chi connectivity index (χ3v) is 4.92. The number of anilines is 2. The van der Waals surface area contributed by atoms with Gasteiger partial charge in [0.25, 0.3) is 0 Å². The normalized spacial score (nSPS) is 11.6. The summed E-state index contributed by atoms with van der Waals surface area (Å²) in [5, 5.41) is 12.9. The zero-order chi connectivity index (χ0) is 25.6. The maximum atomic E-state index is 12.8. The van der Waals surface area contributed by atoms with Crippen molar-refractivity contribution in [2.24, 2.45) is 0 Å². The van der Waals surface area contributed by atoms with Gasteiger partial charge in [0.15, 0.2) is 0 Å². The molecule has 0 aliphatic heterocycles. The first-order chi connectivity index (χ1) is 16.6. The van der Waals surface area contributed by atoms with Gasteiger partial charge in [0.05, 0.1) is 38.9 Å². The van der Waals surface area contributed by atoms with E-state index in [9.17, 15) is 23.1 Å². The Morgan fingerprint density at radius 3 is 2.49 bits per heavy atom. The molecule has 9 nitrogen and oxygen atoms in total. The van der Waals surface area contributed by atoms with E-state index < -0.39 is 24.4 Å². The average Bonchev–Trinajstić information content (AvgIpc) is 2.78. The highest BCUT2D eigenvalue weighted by Gasteiger charge is 2.27. The predicted molar refractivity (Wildman–Crippen MR) is 123 cm³/mol. The van der Waals surface area contributed by atoms with Crippen molar-refractivity contribution in [3.63, 3.8) is 0 Å². The van der Waals surface area contributed by atoms with Crippen LogP contribution in [-0.4, -0.2) is 54.7 Å². The molecule has 1 aromatic heterocycles. The number of hydrogen-bond donors (Lipinski definition) is 3. The number of nitrogen functional groups attached to an aromatic ring is 1. The van der Waals surface area contributed by atoms with Crippen LogP contribution in [0.5, 0.6) is 5.75 Å². The van der Waals surface area contributed by atoms with E-state index >= 15 is 0 Å². The number of hydrogen-bond acceptors (Lipinski definition) is 8. The number of ether oxygens (including phenoxy) is 3. The first-order valence-electron chi connectivity index (χ1n) is 10.5. The van der Waals surface area contributed by atoms with E-state index in [-0.39, 0.29) is 30.2 Å². The number of carboxylic acids is 1. The number of alkyl halides is 3. The van der Waals surface area contributed by atoms with Crippen LogP contribution in [0.3, 0.4) is 0 Å². The summed E-state index contributed by atoms with van der Waals surface area (Å²) in [6.45, 7) is 1.00. The lowest BCUT2D eigenvalue weighted by atomic mass is 10.1. The van der Waals surface area contributed by atoms with Gasteiger partial charge in [-0.3, -0.25) is 0 Å². The summed E-state index contributed by atoms with van der Waals surface area (Å²) in [6, 6.07) is 7.47. The van der Waals surface area contributed by atoms with Crippen molar-refractivity contribution in [1.82, 2.24) is 9.97 Å². The second-order valence-corrected chi connectivity index (χ2v) is 7.66. The second-order valence-electron chi connectivity index (χ2n) is 7.66. The van der Waals surface area contributed by atoms with Gasteiger partial charge in [0.2, 0.25) is 5.82 Å². The van der Waals surface area contributed by atoms with Crippen molar-refractivity contribution >= 4 is 28.4 Å². The fourth-order valence-corrected chi connectivity index (χ4v) is 3.47. The summed E-state index contributed by atoms with van der Waals surface area (Å²) >= 11 is 0. The zero-order valence-corrected chi connectivity index (χ0v) is 19.1. The Bertz CT molecular complexity index is 1200. The lowest BCUT2D eigenvalue weighted by Gasteiger charge is -2.15. The Hall–Kier alpha value is -3.64. The fraction of sp³-hybridized carbons (Fsp3) is 0.348. The van der Waals surface area contributed by atoms with Gasteiger partial charge in [-0.25, -0.2) is 14.8 Å². The highest BCUT2D eigenvalue weighted by atomic mass is 19.4. The molecule has 0 amide bonds. The molecule has 12 heteroatoms. The molecule has 4 N–H and O–H groups in total. The molecule has 3 rings (SSSR count). The largest absolute Gasteiger partial charge is 0.496 e. The molecule has 188 valence electrons. The minimum atomic E-state index is -4.38. The molecule has 35 heavy (non-hydrogen) atoms. The second kappa shape index (κ2) is 11.2. The van der Waals surface area contributed by atoms with Crippen LogP contribution in [0.4, 0.5) is 24.7 Å². The number of halogens is 3. The highest BCUT2D eigenvalue weighted by molar-refractivity contribution is 5.94. The summed E-state index contributed by atoms with van der Waals surface area (Å²) < 4.78 is 54.4. The van der Waals surface area contributed by atoms with Crippen molar-refractivity contribution in [2.45, 2.75) is 25.7 Å². The van der Waals surface area contributed by atoms with Crippen LogP contribution in [-0.2, 0) is 29.0 Å². The molecule has 2 aromatic carbocycles. The van der Waals surface area contributed by atoms with E-state index in [1.165, 1.54) is 25.3 Å². The number of aromatic nitrogens is 2. The summed E-state index contributed by atoms with van der Waals surface area (Å²) in [7, 11) is 3.03. The smallest absolute Gasteiger partial charge is 0.393 e. The Kier molecular flexibility index (Phi) is 8.30. The lowest BCUT2D eigenvalue weighted by Crippen LogP contribution is -2.13. The summed E-state index contributed by atoms with van der Waals surface area (Å²) in [5.41, 5.74) is 7.44. The maximum absolute atomic E-state index is 12.8. The molecule has 3 aromatic rings. The number of nitrogens with zero attached hydrogens (tertiary/aromatic N) is 2. The Morgan fingerprint density at radius 2 is 1.83 bits per heavy atom. The predicted octanol–water partition coefficient (Wildman–Crippen LogP) is 3.80. The first kappa shape index (κ1) is 26.0. The van der Waals surface area contributed by atoms with Gasteiger partial charge < -0.3 is 30.4 Å². The van der Waals surface area contributed by atoms with Gasteiger partial charge in [0, 0.05) is 36.4 Å².